The summed E-state index contributed by atoms with van der Waals surface area (Å²) < 4.78 is 21.3. The Bertz CT molecular complexity index is 1410. The molecule has 0 spiro atoms. The highest BCUT2D eigenvalue weighted by molar-refractivity contribution is 5.97. The predicted molar refractivity (Wildman–Crippen MR) is 147 cm³/mol. The SMILES string of the molecule is CC1CC(=O)Cc2cc(O)cc(O)c2C(=O)OC(C)CC(=O)OC(C)Cc2cc(O)cc(O)c2C(=O)OC(C)CC(=O)O1. The number of ether oxygens (including phenoxy) is 4. The number of carbonyl (C=O) groups is 5. The second-order valence-electron chi connectivity index (χ2n) is 10.6. The molecule has 0 amide bonds. The van der Waals surface area contributed by atoms with Gasteiger partial charge in [0.1, 0.15) is 64.3 Å². The molecule has 13 heteroatoms. The molecule has 4 unspecified atom stereocenters. The summed E-state index contributed by atoms with van der Waals surface area (Å²) in [4.78, 5) is 63.8. The zero-order valence-electron chi connectivity index (χ0n) is 24.1. The first-order chi connectivity index (χ1) is 20.1. The molecule has 1 heterocycles. The zero-order chi connectivity index (χ0) is 32.0. The number of rotatable bonds is 0. The van der Waals surface area contributed by atoms with Crippen LogP contribution in [-0.2, 0) is 46.2 Å². The Morgan fingerprint density at radius 3 is 1.42 bits per heavy atom. The van der Waals surface area contributed by atoms with Crippen LogP contribution in [0, 0.1) is 0 Å². The lowest BCUT2D eigenvalue weighted by Gasteiger charge is -2.20. The van der Waals surface area contributed by atoms with Crippen molar-refractivity contribution in [3.8, 4) is 23.0 Å². The molecule has 0 saturated heterocycles. The fraction of sp³-hybridized carbons (Fsp3) is 0.433. The Labute approximate surface area is 246 Å². The number of Topliss-reactive ketones (excluding diaryl/α,β-unsaturated/α-hetero) is 1. The van der Waals surface area contributed by atoms with Gasteiger partial charge in [-0.05, 0) is 51.0 Å². The maximum Gasteiger partial charge on any atom is 0.342 e. The number of hydrogen-bond acceptors (Lipinski definition) is 13. The van der Waals surface area contributed by atoms with Crippen LogP contribution >= 0.6 is 0 Å². The first-order valence-electron chi connectivity index (χ1n) is 13.5. The summed E-state index contributed by atoms with van der Waals surface area (Å²) in [6, 6.07) is 4.16. The van der Waals surface area contributed by atoms with Gasteiger partial charge in [0.2, 0.25) is 0 Å². The quantitative estimate of drug-likeness (QED) is 0.253. The third kappa shape index (κ3) is 9.09. The van der Waals surface area contributed by atoms with Gasteiger partial charge in [0.25, 0.3) is 0 Å². The maximum atomic E-state index is 13.0. The van der Waals surface area contributed by atoms with Gasteiger partial charge in [-0.1, -0.05) is 0 Å². The van der Waals surface area contributed by atoms with E-state index in [0.29, 0.717) is 0 Å². The van der Waals surface area contributed by atoms with Crippen LogP contribution in [0.4, 0.5) is 0 Å². The molecule has 4 N–H and O–H groups in total. The normalized spacial score (nSPS) is 23.3. The summed E-state index contributed by atoms with van der Waals surface area (Å²) in [5.74, 6) is -6.11. The Hall–Kier alpha value is -4.81. The average molecular weight is 603 g/mol. The molecule has 0 bridgehead atoms. The molecule has 0 aliphatic carbocycles. The van der Waals surface area contributed by atoms with Crippen molar-refractivity contribution in [1.82, 2.24) is 0 Å². The second-order valence-corrected chi connectivity index (χ2v) is 10.6. The minimum absolute atomic E-state index is 0.0396. The highest BCUT2D eigenvalue weighted by Gasteiger charge is 2.28. The number of esters is 4. The third-order valence-electron chi connectivity index (χ3n) is 6.38. The molecule has 3 rings (SSSR count). The summed E-state index contributed by atoms with van der Waals surface area (Å²) in [5.41, 5.74) is -0.615. The van der Waals surface area contributed by atoms with E-state index in [2.05, 4.69) is 0 Å². The van der Waals surface area contributed by atoms with Crippen molar-refractivity contribution in [2.45, 2.75) is 84.2 Å². The van der Waals surface area contributed by atoms with Crippen LogP contribution in [0.1, 0.15) is 78.8 Å². The van der Waals surface area contributed by atoms with Crippen molar-refractivity contribution in [2.24, 2.45) is 0 Å². The van der Waals surface area contributed by atoms with Crippen LogP contribution in [0.3, 0.4) is 0 Å². The first-order valence-corrected chi connectivity index (χ1v) is 13.5. The minimum Gasteiger partial charge on any atom is -0.508 e. The Morgan fingerprint density at radius 1 is 0.535 bits per heavy atom. The summed E-state index contributed by atoms with van der Waals surface area (Å²) in [7, 11) is 0. The molecular weight excluding hydrogens is 568 g/mol. The van der Waals surface area contributed by atoms with Crippen LogP contribution in [-0.4, -0.2) is 74.5 Å². The lowest BCUT2D eigenvalue weighted by atomic mass is 9.98. The van der Waals surface area contributed by atoms with E-state index >= 15 is 0 Å². The molecule has 2 aromatic carbocycles. The number of ketones is 1. The number of carbonyl (C=O) groups excluding carboxylic acids is 5. The molecule has 0 saturated carbocycles. The highest BCUT2D eigenvalue weighted by Crippen LogP contribution is 2.31. The van der Waals surface area contributed by atoms with E-state index in [-0.39, 0.29) is 47.3 Å². The average Bonchev–Trinajstić information content (AvgIpc) is 2.81. The number of benzene rings is 2. The van der Waals surface area contributed by atoms with Gasteiger partial charge in [-0.2, -0.15) is 0 Å². The standard InChI is InChI=1S/C30H34O13/c1-14-5-18-9-21(32)12-23(34)27(18)29(38)42-17(4)8-26(37)41-15(2)6-20(31)10-19-11-22(33)13-24(35)28(19)30(39)43-16(3)7-25(36)40-14/h9,11-17,32-35H,5-8,10H2,1-4H3. The van der Waals surface area contributed by atoms with E-state index in [1.54, 1.807) is 0 Å². The molecule has 43 heavy (non-hydrogen) atoms. The number of fused-ring (bicyclic) bond motifs is 2. The van der Waals surface area contributed by atoms with Gasteiger partial charge in [0.05, 0.1) is 12.8 Å². The van der Waals surface area contributed by atoms with E-state index in [1.807, 2.05) is 0 Å². The summed E-state index contributed by atoms with van der Waals surface area (Å²) in [6.07, 6.45) is -5.47. The Balaban J connectivity index is 1.92. The van der Waals surface area contributed by atoms with Crippen molar-refractivity contribution in [3.05, 3.63) is 46.5 Å². The van der Waals surface area contributed by atoms with Gasteiger partial charge in [-0.25, -0.2) is 9.59 Å². The molecule has 0 fully saturated rings. The lowest BCUT2D eigenvalue weighted by molar-refractivity contribution is -0.152. The number of hydrogen-bond donors (Lipinski definition) is 4. The second kappa shape index (κ2) is 13.9. The van der Waals surface area contributed by atoms with Gasteiger partial charge >= 0.3 is 23.9 Å². The van der Waals surface area contributed by atoms with E-state index < -0.39 is 84.2 Å². The van der Waals surface area contributed by atoms with E-state index in [1.165, 1.54) is 33.8 Å². The number of phenols is 4. The molecule has 0 radical (unpaired) electrons. The molecule has 13 nitrogen and oxygen atoms in total. The van der Waals surface area contributed by atoms with Crippen LogP contribution < -0.4 is 0 Å². The number of aromatic hydroxyl groups is 4. The van der Waals surface area contributed by atoms with E-state index in [0.717, 1.165) is 18.2 Å². The fourth-order valence-electron chi connectivity index (χ4n) is 4.69. The van der Waals surface area contributed by atoms with Gasteiger partial charge in [0.15, 0.2) is 0 Å². The van der Waals surface area contributed by atoms with Crippen molar-refractivity contribution >= 4 is 29.7 Å². The van der Waals surface area contributed by atoms with E-state index in [4.69, 9.17) is 18.9 Å². The first kappa shape index (κ1) is 32.7. The van der Waals surface area contributed by atoms with E-state index in [9.17, 15) is 44.4 Å². The van der Waals surface area contributed by atoms with Crippen LogP contribution in [0.15, 0.2) is 24.3 Å². The third-order valence-corrected chi connectivity index (χ3v) is 6.38. The zero-order valence-corrected chi connectivity index (χ0v) is 24.1. The van der Waals surface area contributed by atoms with Gasteiger partial charge < -0.3 is 39.4 Å². The fourth-order valence-corrected chi connectivity index (χ4v) is 4.69. The monoisotopic (exact) mass is 602 g/mol. The molecule has 0 aromatic heterocycles. The van der Waals surface area contributed by atoms with Crippen molar-refractivity contribution in [1.29, 1.82) is 0 Å². The van der Waals surface area contributed by atoms with Crippen LogP contribution in [0.25, 0.3) is 0 Å². The van der Waals surface area contributed by atoms with Crippen molar-refractivity contribution in [3.63, 3.8) is 0 Å². The van der Waals surface area contributed by atoms with Gasteiger partial charge in [0, 0.05) is 31.4 Å². The minimum atomic E-state index is -1.05. The summed E-state index contributed by atoms with van der Waals surface area (Å²) in [6.45, 7) is 5.79. The Morgan fingerprint density at radius 2 is 0.930 bits per heavy atom. The predicted octanol–water partition coefficient (Wildman–Crippen LogP) is 3.00. The van der Waals surface area contributed by atoms with Gasteiger partial charge in [-0.3, -0.25) is 14.4 Å². The molecular formula is C30H34O13. The van der Waals surface area contributed by atoms with Crippen LogP contribution in [0.5, 0.6) is 23.0 Å². The van der Waals surface area contributed by atoms with Crippen LogP contribution in [0.2, 0.25) is 0 Å². The smallest absolute Gasteiger partial charge is 0.342 e. The maximum absolute atomic E-state index is 13.0. The molecule has 1 aliphatic rings. The molecule has 232 valence electrons. The molecule has 4 atom stereocenters. The number of cyclic esters (lactones) is 4. The summed E-state index contributed by atoms with van der Waals surface area (Å²) >= 11 is 0. The largest absolute Gasteiger partial charge is 0.508 e. The summed E-state index contributed by atoms with van der Waals surface area (Å²) in [5, 5.41) is 40.7. The highest BCUT2D eigenvalue weighted by atomic mass is 16.6. The van der Waals surface area contributed by atoms with Gasteiger partial charge in [-0.15, -0.1) is 0 Å². The molecule has 1 aliphatic heterocycles. The lowest BCUT2D eigenvalue weighted by Crippen LogP contribution is -2.26. The van der Waals surface area contributed by atoms with Crippen molar-refractivity contribution < 1.29 is 63.3 Å². The number of phenolic OH excluding ortho intramolecular Hbond substituents is 4. The van der Waals surface area contributed by atoms with Crippen molar-refractivity contribution in [2.75, 3.05) is 0 Å². The Kier molecular flexibility index (Phi) is 10.6. The topological polar surface area (TPSA) is 203 Å². The molecule has 2 aromatic rings.